The lowest BCUT2D eigenvalue weighted by Gasteiger charge is -2.33. The lowest BCUT2D eigenvalue weighted by molar-refractivity contribution is -0.137. The topological polar surface area (TPSA) is 75.4 Å². The fourth-order valence-electron chi connectivity index (χ4n) is 2.90. The summed E-state index contributed by atoms with van der Waals surface area (Å²) in [6.45, 7) is 7.73. The average molecular weight is 368 g/mol. The Morgan fingerprint density at radius 1 is 1.20 bits per heavy atom. The van der Waals surface area contributed by atoms with Gasteiger partial charge in [0.15, 0.2) is 0 Å². The van der Waals surface area contributed by atoms with Gasteiger partial charge in [0.2, 0.25) is 11.8 Å². The maximum atomic E-state index is 12.3. The molecule has 1 saturated heterocycles. The van der Waals surface area contributed by atoms with Crippen molar-refractivity contribution in [2.24, 2.45) is 17.6 Å². The summed E-state index contributed by atoms with van der Waals surface area (Å²) < 4.78 is 0. The van der Waals surface area contributed by atoms with Crippen molar-refractivity contribution in [1.82, 2.24) is 10.2 Å². The lowest BCUT2D eigenvalue weighted by Crippen LogP contribution is -2.50. The second-order valence-corrected chi connectivity index (χ2v) is 7.07. The van der Waals surface area contributed by atoms with Gasteiger partial charge in [0.05, 0.1) is 6.04 Å². The molecule has 0 aliphatic carbocycles. The number of nitrogens with one attached hydrogen (secondary N) is 1. The lowest BCUT2D eigenvalue weighted by atomic mass is 9.94. The third kappa shape index (κ3) is 6.01. The first-order chi connectivity index (χ1) is 11.4. The summed E-state index contributed by atoms with van der Waals surface area (Å²) in [4.78, 5) is 26.4. The van der Waals surface area contributed by atoms with Gasteiger partial charge in [-0.15, -0.1) is 12.4 Å². The van der Waals surface area contributed by atoms with Crippen LogP contribution in [-0.4, -0.2) is 35.8 Å². The number of halogens is 1. The monoisotopic (exact) mass is 367 g/mol. The zero-order valence-corrected chi connectivity index (χ0v) is 16.1. The van der Waals surface area contributed by atoms with E-state index in [4.69, 9.17) is 5.73 Å². The number of nitrogens with two attached hydrogens (primary N) is 1. The van der Waals surface area contributed by atoms with Crippen LogP contribution in [0.3, 0.4) is 0 Å². The predicted octanol–water partition coefficient (Wildman–Crippen LogP) is 2.25. The molecule has 6 heteroatoms. The summed E-state index contributed by atoms with van der Waals surface area (Å²) in [7, 11) is 0. The number of likely N-dealkylation sites (tertiary alicyclic amines) is 1. The van der Waals surface area contributed by atoms with E-state index < -0.39 is 6.04 Å². The highest BCUT2D eigenvalue weighted by Crippen LogP contribution is 2.19. The maximum Gasteiger partial charge on any atom is 0.239 e. The van der Waals surface area contributed by atoms with E-state index in [-0.39, 0.29) is 36.1 Å². The number of carbonyl (C=O) groups excluding carboxylic acids is 2. The van der Waals surface area contributed by atoms with Gasteiger partial charge in [-0.05, 0) is 31.2 Å². The first-order valence-corrected chi connectivity index (χ1v) is 8.76. The molecule has 0 spiro atoms. The number of carbonyl (C=O) groups is 2. The molecule has 1 aliphatic rings. The Balaban J connectivity index is 0.00000312. The van der Waals surface area contributed by atoms with Crippen LogP contribution in [-0.2, 0) is 16.1 Å². The SMILES string of the molecule is Cc1ccc(CNC(=O)C2CCN(C(=O)[C@@H](N)C(C)C)CC2)cc1.Cl. The Bertz CT molecular complexity index is 567. The molecule has 0 unspecified atom stereocenters. The van der Waals surface area contributed by atoms with Crippen LogP contribution in [0.15, 0.2) is 24.3 Å². The largest absolute Gasteiger partial charge is 0.352 e. The maximum absolute atomic E-state index is 12.3. The number of piperidine rings is 1. The minimum absolute atomic E-state index is 0. The molecule has 1 heterocycles. The van der Waals surface area contributed by atoms with E-state index in [1.165, 1.54) is 5.56 Å². The van der Waals surface area contributed by atoms with Crippen LogP contribution >= 0.6 is 12.4 Å². The summed E-state index contributed by atoms with van der Waals surface area (Å²) in [5.74, 6) is 0.196. The number of hydrogen-bond donors (Lipinski definition) is 2. The Kier molecular flexibility index (Phi) is 8.39. The molecular weight excluding hydrogens is 338 g/mol. The van der Waals surface area contributed by atoms with Gasteiger partial charge in [-0.25, -0.2) is 0 Å². The minimum Gasteiger partial charge on any atom is -0.352 e. The number of amides is 2. The fraction of sp³-hybridized carbons (Fsp3) is 0.579. The third-order valence-electron chi connectivity index (χ3n) is 4.77. The normalized spacial score (nSPS) is 16.3. The molecule has 0 bridgehead atoms. The summed E-state index contributed by atoms with van der Waals surface area (Å²) in [5, 5.41) is 3.01. The number of benzene rings is 1. The van der Waals surface area contributed by atoms with E-state index in [9.17, 15) is 9.59 Å². The third-order valence-corrected chi connectivity index (χ3v) is 4.77. The number of rotatable bonds is 5. The van der Waals surface area contributed by atoms with Crippen LogP contribution in [0, 0.1) is 18.8 Å². The van der Waals surface area contributed by atoms with Crippen LogP contribution in [0.1, 0.15) is 37.8 Å². The van der Waals surface area contributed by atoms with Crippen molar-refractivity contribution in [3.8, 4) is 0 Å². The molecule has 1 aromatic rings. The summed E-state index contributed by atoms with van der Waals surface area (Å²) in [6, 6.07) is 7.71. The smallest absolute Gasteiger partial charge is 0.239 e. The second-order valence-electron chi connectivity index (χ2n) is 7.07. The van der Waals surface area contributed by atoms with E-state index in [2.05, 4.69) is 5.32 Å². The molecule has 2 rings (SSSR count). The van der Waals surface area contributed by atoms with Crippen molar-refractivity contribution in [3.05, 3.63) is 35.4 Å². The van der Waals surface area contributed by atoms with Gasteiger partial charge in [0.1, 0.15) is 0 Å². The fourth-order valence-corrected chi connectivity index (χ4v) is 2.90. The molecule has 2 amide bonds. The zero-order valence-electron chi connectivity index (χ0n) is 15.3. The van der Waals surface area contributed by atoms with Crippen LogP contribution in [0.2, 0.25) is 0 Å². The van der Waals surface area contributed by atoms with Crippen LogP contribution < -0.4 is 11.1 Å². The Morgan fingerprint density at radius 2 is 1.76 bits per heavy atom. The van der Waals surface area contributed by atoms with Crippen molar-refractivity contribution < 1.29 is 9.59 Å². The van der Waals surface area contributed by atoms with Crippen LogP contribution in [0.5, 0.6) is 0 Å². The van der Waals surface area contributed by atoms with Gasteiger partial charge in [0.25, 0.3) is 0 Å². The molecule has 1 atom stereocenters. The van der Waals surface area contributed by atoms with Crippen molar-refractivity contribution in [2.45, 2.75) is 46.2 Å². The van der Waals surface area contributed by atoms with Gasteiger partial charge in [-0.3, -0.25) is 9.59 Å². The first kappa shape index (κ1) is 21.5. The Labute approximate surface area is 156 Å². The molecule has 1 aliphatic heterocycles. The molecular formula is C19H30ClN3O2. The zero-order chi connectivity index (χ0) is 17.7. The highest BCUT2D eigenvalue weighted by atomic mass is 35.5. The van der Waals surface area contributed by atoms with Gasteiger partial charge >= 0.3 is 0 Å². The van der Waals surface area contributed by atoms with E-state index in [1.807, 2.05) is 45.0 Å². The van der Waals surface area contributed by atoms with Gasteiger partial charge < -0.3 is 16.0 Å². The molecule has 0 radical (unpaired) electrons. The predicted molar refractivity (Wildman–Crippen MR) is 102 cm³/mol. The number of nitrogens with zero attached hydrogens (tertiary/aromatic N) is 1. The van der Waals surface area contributed by atoms with Crippen LogP contribution in [0.4, 0.5) is 0 Å². The first-order valence-electron chi connectivity index (χ1n) is 8.76. The second kappa shape index (κ2) is 9.78. The Hall–Kier alpha value is -1.59. The van der Waals surface area contributed by atoms with Gasteiger partial charge in [-0.1, -0.05) is 43.7 Å². The molecule has 0 saturated carbocycles. The van der Waals surface area contributed by atoms with E-state index in [0.717, 1.165) is 5.56 Å². The van der Waals surface area contributed by atoms with E-state index in [0.29, 0.717) is 32.5 Å². The van der Waals surface area contributed by atoms with Gasteiger partial charge in [0, 0.05) is 25.6 Å². The summed E-state index contributed by atoms with van der Waals surface area (Å²) >= 11 is 0. The van der Waals surface area contributed by atoms with E-state index >= 15 is 0 Å². The number of aryl methyl sites for hydroxylation is 1. The van der Waals surface area contributed by atoms with Gasteiger partial charge in [-0.2, -0.15) is 0 Å². The molecule has 0 aromatic heterocycles. The van der Waals surface area contributed by atoms with Crippen molar-refractivity contribution in [1.29, 1.82) is 0 Å². The molecule has 3 N–H and O–H groups in total. The summed E-state index contributed by atoms with van der Waals surface area (Å²) in [5.41, 5.74) is 8.25. The average Bonchev–Trinajstić information content (AvgIpc) is 2.59. The highest BCUT2D eigenvalue weighted by Gasteiger charge is 2.30. The molecule has 5 nitrogen and oxygen atoms in total. The van der Waals surface area contributed by atoms with Crippen molar-refractivity contribution >= 4 is 24.2 Å². The standard InChI is InChI=1S/C19H29N3O2.ClH/c1-13(2)17(20)19(24)22-10-8-16(9-11-22)18(23)21-12-15-6-4-14(3)5-7-15;/h4-7,13,16-17H,8-12,20H2,1-3H3,(H,21,23);1H/t17-;/m0./s1. The highest BCUT2D eigenvalue weighted by molar-refractivity contribution is 5.85. The Morgan fingerprint density at radius 3 is 2.28 bits per heavy atom. The summed E-state index contributed by atoms with van der Waals surface area (Å²) in [6.07, 6.45) is 1.41. The van der Waals surface area contributed by atoms with Crippen LogP contribution in [0.25, 0.3) is 0 Å². The minimum atomic E-state index is -0.447. The molecule has 25 heavy (non-hydrogen) atoms. The molecule has 1 fully saturated rings. The number of hydrogen-bond acceptors (Lipinski definition) is 3. The van der Waals surface area contributed by atoms with Crippen molar-refractivity contribution in [3.63, 3.8) is 0 Å². The molecule has 1 aromatic carbocycles. The van der Waals surface area contributed by atoms with Crippen molar-refractivity contribution in [2.75, 3.05) is 13.1 Å². The van der Waals surface area contributed by atoms with E-state index in [1.54, 1.807) is 4.90 Å². The molecule has 140 valence electrons. The quantitative estimate of drug-likeness (QED) is 0.838.